The molecule has 20 heavy (non-hydrogen) atoms. The van der Waals surface area contributed by atoms with E-state index in [1.165, 1.54) is 0 Å². The SMILES string of the molecule is Cc1ccc(S(=O)C2CC3(CCC2N)OCCO3)cc1. The Morgan fingerprint density at radius 3 is 2.55 bits per heavy atom. The molecule has 4 nitrogen and oxygen atoms in total. The number of hydrogen-bond donors (Lipinski definition) is 1. The van der Waals surface area contributed by atoms with Crippen LogP contribution in [0.5, 0.6) is 0 Å². The minimum atomic E-state index is -1.12. The van der Waals surface area contributed by atoms with Crippen molar-refractivity contribution in [1.29, 1.82) is 0 Å². The van der Waals surface area contributed by atoms with E-state index in [1.807, 2.05) is 31.2 Å². The van der Waals surface area contributed by atoms with E-state index in [0.717, 1.165) is 23.3 Å². The van der Waals surface area contributed by atoms with Gasteiger partial charge in [0.05, 0.1) is 29.3 Å². The van der Waals surface area contributed by atoms with Crippen LogP contribution in [0.15, 0.2) is 29.2 Å². The summed E-state index contributed by atoms with van der Waals surface area (Å²) in [4.78, 5) is 0.839. The molecule has 3 unspecified atom stereocenters. The van der Waals surface area contributed by atoms with Crippen molar-refractivity contribution in [1.82, 2.24) is 0 Å². The van der Waals surface area contributed by atoms with Crippen molar-refractivity contribution in [3.8, 4) is 0 Å². The minimum absolute atomic E-state index is 0.0597. The molecule has 1 spiro atoms. The van der Waals surface area contributed by atoms with E-state index in [9.17, 15) is 4.21 Å². The maximum atomic E-state index is 12.8. The second-order valence-corrected chi connectivity index (χ2v) is 7.33. The first-order chi connectivity index (χ1) is 9.60. The van der Waals surface area contributed by atoms with E-state index in [2.05, 4.69) is 0 Å². The highest BCUT2D eigenvalue weighted by molar-refractivity contribution is 7.85. The molecule has 5 heteroatoms. The normalized spacial score (nSPS) is 30.5. The van der Waals surface area contributed by atoms with Crippen LogP contribution >= 0.6 is 0 Å². The summed E-state index contributed by atoms with van der Waals surface area (Å²) in [5.74, 6) is -0.541. The van der Waals surface area contributed by atoms with Crippen molar-refractivity contribution in [2.75, 3.05) is 13.2 Å². The van der Waals surface area contributed by atoms with Gasteiger partial charge in [-0.2, -0.15) is 0 Å². The molecule has 2 aliphatic rings. The Hall–Kier alpha value is -0.750. The molecule has 1 saturated carbocycles. The quantitative estimate of drug-likeness (QED) is 0.902. The average Bonchev–Trinajstić information content (AvgIpc) is 2.90. The second-order valence-electron chi connectivity index (χ2n) is 5.66. The van der Waals surface area contributed by atoms with E-state index in [1.54, 1.807) is 0 Å². The summed E-state index contributed by atoms with van der Waals surface area (Å²) in [7, 11) is -1.12. The molecule has 110 valence electrons. The molecule has 3 rings (SSSR count). The van der Waals surface area contributed by atoms with Crippen LogP contribution in [0, 0.1) is 6.92 Å². The van der Waals surface area contributed by atoms with Crippen molar-refractivity contribution in [3.63, 3.8) is 0 Å². The lowest BCUT2D eigenvalue weighted by Gasteiger charge is -2.39. The summed E-state index contributed by atoms with van der Waals surface area (Å²) >= 11 is 0. The minimum Gasteiger partial charge on any atom is -0.347 e. The highest BCUT2D eigenvalue weighted by atomic mass is 32.2. The molecule has 1 aliphatic carbocycles. The van der Waals surface area contributed by atoms with Crippen molar-refractivity contribution < 1.29 is 13.7 Å². The van der Waals surface area contributed by atoms with Crippen LogP contribution in [0.25, 0.3) is 0 Å². The molecular weight excluding hydrogens is 274 g/mol. The van der Waals surface area contributed by atoms with E-state index in [0.29, 0.717) is 19.6 Å². The molecule has 0 aromatic heterocycles. The van der Waals surface area contributed by atoms with Crippen molar-refractivity contribution in [3.05, 3.63) is 29.8 Å². The number of hydrogen-bond acceptors (Lipinski definition) is 4. The highest BCUT2D eigenvalue weighted by Crippen LogP contribution is 2.38. The summed E-state index contributed by atoms with van der Waals surface area (Å²) in [5.41, 5.74) is 7.36. The van der Waals surface area contributed by atoms with Gasteiger partial charge in [-0.05, 0) is 25.5 Å². The number of nitrogens with two attached hydrogens (primary N) is 1. The second kappa shape index (κ2) is 5.56. The fourth-order valence-electron chi connectivity index (χ4n) is 2.97. The zero-order chi connectivity index (χ0) is 14.2. The zero-order valence-electron chi connectivity index (χ0n) is 11.7. The lowest BCUT2D eigenvalue weighted by atomic mass is 9.90. The van der Waals surface area contributed by atoms with Gasteiger partial charge in [0.2, 0.25) is 0 Å². The van der Waals surface area contributed by atoms with Gasteiger partial charge in [0.15, 0.2) is 5.79 Å². The van der Waals surface area contributed by atoms with Crippen molar-refractivity contribution in [2.24, 2.45) is 5.73 Å². The van der Waals surface area contributed by atoms with E-state index in [4.69, 9.17) is 15.2 Å². The Balaban J connectivity index is 1.80. The van der Waals surface area contributed by atoms with E-state index >= 15 is 0 Å². The van der Waals surface area contributed by atoms with Gasteiger partial charge in [0.1, 0.15) is 0 Å². The number of rotatable bonds is 2. The summed E-state index contributed by atoms with van der Waals surface area (Å²) in [5, 5.41) is -0.107. The van der Waals surface area contributed by atoms with Gasteiger partial charge in [-0.1, -0.05) is 17.7 Å². The maximum Gasteiger partial charge on any atom is 0.169 e. The van der Waals surface area contributed by atoms with Crippen LogP contribution in [0.4, 0.5) is 0 Å². The molecule has 1 heterocycles. The largest absolute Gasteiger partial charge is 0.347 e. The third kappa shape index (κ3) is 2.68. The van der Waals surface area contributed by atoms with Crippen LogP contribution in [-0.2, 0) is 20.3 Å². The summed E-state index contributed by atoms with van der Waals surface area (Å²) < 4.78 is 24.3. The maximum absolute atomic E-state index is 12.8. The van der Waals surface area contributed by atoms with Gasteiger partial charge in [-0.3, -0.25) is 4.21 Å². The standard InChI is InChI=1S/C15H21NO3S/c1-11-2-4-12(5-3-11)20(17)14-10-15(7-6-13(14)16)18-8-9-19-15/h2-5,13-14H,6-10,16H2,1H3. The first-order valence-electron chi connectivity index (χ1n) is 7.10. The Kier molecular flexibility index (Phi) is 3.95. The van der Waals surface area contributed by atoms with Gasteiger partial charge < -0.3 is 15.2 Å². The summed E-state index contributed by atoms with van der Waals surface area (Å²) in [6.07, 6.45) is 2.21. The van der Waals surface area contributed by atoms with Crippen LogP contribution in [0.3, 0.4) is 0 Å². The Morgan fingerprint density at radius 2 is 1.90 bits per heavy atom. The third-order valence-electron chi connectivity index (χ3n) is 4.19. The lowest BCUT2D eigenvalue weighted by molar-refractivity contribution is -0.177. The highest BCUT2D eigenvalue weighted by Gasteiger charge is 2.46. The molecule has 0 bridgehead atoms. The third-order valence-corrected chi connectivity index (χ3v) is 5.99. The van der Waals surface area contributed by atoms with Crippen LogP contribution < -0.4 is 5.73 Å². The van der Waals surface area contributed by atoms with Crippen LogP contribution in [0.1, 0.15) is 24.8 Å². The first kappa shape index (κ1) is 14.2. The van der Waals surface area contributed by atoms with Gasteiger partial charge in [0.25, 0.3) is 0 Å². The molecule has 0 amide bonds. The zero-order valence-corrected chi connectivity index (χ0v) is 12.5. The van der Waals surface area contributed by atoms with Gasteiger partial charge >= 0.3 is 0 Å². The molecule has 3 atom stereocenters. The number of benzene rings is 1. The molecule has 1 aromatic carbocycles. The van der Waals surface area contributed by atoms with E-state index in [-0.39, 0.29) is 11.3 Å². The lowest BCUT2D eigenvalue weighted by Crippen LogP contribution is -2.50. The van der Waals surface area contributed by atoms with Gasteiger partial charge in [-0.15, -0.1) is 0 Å². The molecule has 2 N–H and O–H groups in total. The Bertz CT molecular complexity index is 496. The molecule has 1 aliphatic heterocycles. The summed E-state index contributed by atoms with van der Waals surface area (Å²) in [6.45, 7) is 3.27. The van der Waals surface area contributed by atoms with Crippen LogP contribution in [-0.4, -0.2) is 34.5 Å². The van der Waals surface area contributed by atoms with Crippen molar-refractivity contribution >= 4 is 10.8 Å². The predicted octanol–water partition coefficient (Wildman–Crippen LogP) is 1.73. The predicted molar refractivity (Wildman–Crippen MR) is 77.8 cm³/mol. The number of aryl methyl sites for hydroxylation is 1. The average molecular weight is 295 g/mol. The van der Waals surface area contributed by atoms with E-state index < -0.39 is 16.6 Å². The topological polar surface area (TPSA) is 61.6 Å². The fourth-order valence-corrected chi connectivity index (χ4v) is 4.59. The first-order valence-corrected chi connectivity index (χ1v) is 8.32. The molecule has 1 saturated heterocycles. The Morgan fingerprint density at radius 1 is 1.25 bits per heavy atom. The summed E-state index contributed by atoms with van der Waals surface area (Å²) in [6, 6.07) is 7.77. The fraction of sp³-hybridized carbons (Fsp3) is 0.600. The monoisotopic (exact) mass is 295 g/mol. The molecule has 1 aromatic rings. The van der Waals surface area contributed by atoms with Gasteiger partial charge in [-0.25, -0.2) is 0 Å². The Labute approximate surface area is 122 Å². The van der Waals surface area contributed by atoms with Gasteiger partial charge in [0, 0.05) is 23.8 Å². The molecule has 0 radical (unpaired) electrons. The smallest absolute Gasteiger partial charge is 0.169 e. The number of ether oxygens (including phenoxy) is 2. The van der Waals surface area contributed by atoms with Crippen LogP contribution in [0.2, 0.25) is 0 Å². The van der Waals surface area contributed by atoms with Crippen molar-refractivity contribution in [2.45, 2.75) is 48.2 Å². The molecule has 2 fully saturated rings. The molecular formula is C15H21NO3S.